The summed E-state index contributed by atoms with van der Waals surface area (Å²) in [4.78, 5) is 0. The lowest BCUT2D eigenvalue weighted by atomic mass is 9.93. The smallest absolute Gasteiger partial charge is 0.0947 e. The van der Waals surface area contributed by atoms with Crippen LogP contribution in [-0.4, -0.2) is 6.61 Å². The number of hydrogen-bond acceptors (Lipinski definition) is 1. The molecule has 0 aliphatic carbocycles. The van der Waals surface area contributed by atoms with E-state index in [0.29, 0.717) is 10.0 Å². The molecule has 1 aliphatic rings. The number of hydrogen-bond donors (Lipinski definition) is 0. The summed E-state index contributed by atoms with van der Waals surface area (Å²) in [7, 11) is 0. The van der Waals surface area contributed by atoms with E-state index in [-0.39, 0.29) is 0 Å². The molecule has 2 rings (SSSR count). The van der Waals surface area contributed by atoms with Crippen molar-refractivity contribution in [2.24, 2.45) is 0 Å². The zero-order valence-electron chi connectivity index (χ0n) is 7.72. The van der Waals surface area contributed by atoms with Gasteiger partial charge in [0.2, 0.25) is 0 Å². The molecule has 1 fully saturated rings. The molecule has 1 aromatic carbocycles. The second-order valence-corrected chi connectivity index (χ2v) is 4.41. The molecule has 0 aromatic heterocycles. The summed E-state index contributed by atoms with van der Waals surface area (Å²) in [5.74, 6) is 0. The van der Waals surface area contributed by atoms with Crippen molar-refractivity contribution >= 4 is 23.2 Å². The lowest BCUT2D eigenvalue weighted by molar-refractivity contribution is 0.0403. The van der Waals surface area contributed by atoms with E-state index in [1.165, 1.54) is 0 Å². The largest absolute Gasteiger partial charge is 0.370 e. The van der Waals surface area contributed by atoms with E-state index in [2.05, 4.69) is 6.92 Å². The van der Waals surface area contributed by atoms with E-state index in [4.69, 9.17) is 27.9 Å². The molecule has 1 aromatic rings. The van der Waals surface area contributed by atoms with E-state index in [9.17, 15) is 0 Å². The van der Waals surface area contributed by atoms with Crippen LogP contribution >= 0.6 is 23.2 Å². The maximum atomic E-state index is 6.09. The van der Waals surface area contributed by atoms with Gasteiger partial charge in [-0.3, -0.25) is 0 Å². The Kier molecular flexibility index (Phi) is 2.74. The number of benzene rings is 1. The fourth-order valence-corrected chi connectivity index (χ4v) is 2.35. The Hall–Kier alpha value is -0.240. The van der Waals surface area contributed by atoms with E-state index in [0.717, 1.165) is 25.0 Å². The normalized spacial score (nSPS) is 26.8. The average Bonchev–Trinajstić information content (AvgIpc) is 2.52. The fraction of sp³-hybridized carbons (Fsp3) is 0.364. The highest BCUT2D eigenvalue weighted by molar-refractivity contribution is 6.35. The minimum absolute atomic E-state index is 0.471. The highest BCUT2D eigenvalue weighted by atomic mass is 35.5. The summed E-state index contributed by atoms with van der Waals surface area (Å²) in [5, 5.41) is 1.27. The number of rotatable bonds is 1. The van der Waals surface area contributed by atoms with Gasteiger partial charge in [0.1, 0.15) is 0 Å². The Morgan fingerprint density at radius 3 is 2.71 bits per heavy atom. The molecule has 1 radical (unpaired) electrons. The molecule has 1 nitrogen and oxygen atoms in total. The Labute approximate surface area is 94.0 Å². The van der Waals surface area contributed by atoms with E-state index < -0.39 is 5.60 Å². The third-order valence-electron chi connectivity index (χ3n) is 2.53. The van der Waals surface area contributed by atoms with Crippen LogP contribution in [0.3, 0.4) is 0 Å². The van der Waals surface area contributed by atoms with Crippen LogP contribution in [0.1, 0.15) is 18.4 Å². The van der Waals surface area contributed by atoms with Crippen molar-refractivity contribution in [2.45, 2.75) is 18.4 Å². The van der Waals surface area contributed by atoms with Gasteiger partial charge >= 0.3 is 0 Å². The lowest BCUT2D eigenvalue weighted by Crippen LogP contribution is -2.20. The molecule has 0 spiro atoms. The molecule has 1 unspecified atom stereocenters. The van der Waals surface area contributed by atoms with Gasteiger partial charge in [0, 0.05) is 22.2 Å². The first-order valence-electron chi connectivity index (χ1n) is 4.57. The second kappa shape index (κ2) is 3.73. The molecular weight excluding hydrogens is 219 g/mol. The SMILES string of the molecule is [CH2]C1(c2ccc(Cl)cc2Cl)CCCO1. The third kappa shape index (κ3) is 1.77. The summed E-state index contributed by atoms with van der Waals surface area (Å²) in [6.45, 7) is 4.83. The Bertz CT molecular complexity index is 343. The summed E-state index contributed by atoms with van der Waals surface area (Å²) in [5.41, 5.74) is 0.461. The summed E-state index contributed by atoms with van der Waals surface area (Å²) < 4.78 is 5.61. The predicted molar refractivity (Wildman–Crippen MR) is 58.7 cm³/mol. The minimum atomic E-state index is -0.471. The standard InChI is InChI=1S/C11H11Cl2O/c1-11(5-2-6-14-11)9-4-3-8(12)7-10(9)13/h3-4,7H,1-2,5-6H2. The van der Waals surface area contributed by atoms with Gasteiger partial charge in [-0.05, 0) is 31.9 Å². The summed E-state index contributed by atoms with van der Waals surface area (Å²) in [6.07, 6.45) is 1.94. The van der Waals surface area contributed by atoms with Crippen molar-refractivity contribution < 1.29 is 4.74 Å². The van der Waals surface area contributed by atoms with Crippen molar-refractivity contribution in [3.05, 3.63) is 40.7 Å². The Balaban J connectivity index is 2.40. The maximum Gasteiger partial charge on any atom is 0.0947 e. The van der Waals surface area contributed by atoms with Gasteiger partial charge in [-0.15, -0.1) is 0 Å². The lowest BCUT2D eigenvalue weighted by Gasteiger charge is -2.24. The van der Waals surface area contributed by atoms with Crippen molar-refractivity contribution in [1.82, 2.24) is 0 Å². The minimum Gasteiger partial charge on any atom is -0.370 e. The molecule has 0 amide bonds. The van der Waals surface area contributed by atoms with Crippen molar-refractivity contribution in [3.8, 4) is 0 Å². The average molecular weight is 230 g/mol. The molecule has 1 saturated heterocycles. The molecular formula is C11H11Cl2O. The third-order valence-corrected chi connectivity index (χ3v) is 3.07. The van der Waals surface area contributed by atoms with Crippen LogP contribution in [0.4, 0.5) is 0 Å². The summed E-state index contributed by atoms with van der Waals surface area (Å²) in [6, 6.07) is 5.44. The van der Waals surface area contributed by atoms with Gasteiger partial charge in [-0.2, -0.15) is 0 Å². The van der Waals surface area contributed by atoms with Gasteiger partial charge in [0.15, 0.2) is 0 Å². The fourth-order valence-electron chi connectivity index (χ4n) is 1.77. The highest BCUT2D eigenvalue weighted by Gasteiger charge is 2.33. The molecule has 3 heteroatoms. The van der Waals surface area contributed by atoms with E-state index in [1.54, 1.807) is 6.07 Å². The Morgan fingerprint density at radius 2 is 2.14 bits per heavy atom. The van der Waals surface area contributed by atoms with Crippen molar-refractivity contribution in [2.75, 3.05) is 6.61 Å². The van der Waals surface area contributed by atoms with E-state index in [1.807, 2.05) is 12.1 Å². The van der Waals surface area contributed by atoms with Gasteiger partial charge in [-0.25, -0.2) is 0 Å². The van der Waals surface area contributed by atoms with Crippen molar-refractivity contribution in [1.29, 1.82) is 0 Å². The van der Waals surface area contributed by atoms with Crippen LogP contribution in [0.25, 0.3) is 0 Å². The maximum absolute atomic E-state index is 6.09. The zero-order chi connectivity index (χ0) is 10.2. The monoisotopic (exact) mass is 229 g/mol. The van der Waals surface area contributed by atoms with Gasteiger partial charge in [0.05, 0.1) is 5.60 Å². The molecule has 75 valence electrons. The van der Waals surface area contributed by atoms with Crippen LogP contribution in [0.5, 0.6) is 0 Å². The van der Waals surface area contributed by atoms with Gasteiger partial charge < -0.3 is 4.74 Å². The zero-order valence-corrected chi connectivity index (χ0v) is 9.24. The summed E-state index contributed by atoms with van der Waals surface area (Å²) >= 11 is 11.9. The number of ether oxygens (including phenoxy) is 1. The van der Waals surface area contributed by atoms with Crippen LogP contribution in [0, 0.1) is 6.92 Å². The van der Waals surface area contributed by atoms with Crippen LogP contribution in [-0.2, 0) is 10.3 Å². The van der Waals surface area contributed by atoms with Gasteiger partial charge in [-0.1, -0.05) is 29.3 Å². The molecule has 14 heavy (non-hydrogen) atoms. The second-order valence-electron chi connectivity index (χ2n) is 3.57. The first kappa shape index (κ1) is 10.3. The van der Waals surface area contributed by atoms with Crippen LogP contribution < -0.4 is 0 Å². The molecule has 1 heterocycles. The van der Waals surface area contributed by atoms with Crippen LogP contribution in [0.15, 0.2) is 18.2 Å². The first-order chi connectivity index (χ1) is 6.62. The van der Waals surface area contributed by atoms with Crippen LogP contribution in [0.2, 0.25) is 10.0 Å². The molecule has 0 bridgehead atoms. The molecule has 1 atom stereocenters. The topological polar surface area (TPSA) is 9.23 Å². The molecule has 0 saturated carbocycles. The quantitative estimate of drug-likeness (QED) is 0.712. The first-order valence-corrected chi connectivity index (χ1v) is 5.32. The van der Waals surface area contributed by atoms with Crippen molar-refractivity contribution in [3.63, 3.8) is 0 Å². The predicted octanol–water partition coefficient (Wildman–Crippen LogP) is 3.83. The van der Waals surface area contributed by atoms with E-state index >= 15 is 0 Å². The highest BCUT2D eigenvalue weighted by Crippen LogP contribution is 2.39. The van der Waals surface area contributed by atoms with Gasteiger partial charge in [0.25, 0.3) is 0 Å². The Morgan fingerprint density at radius 1 is 1.36 bits per heavy atom. The molecule has 0 N–H and O–H groups in total. The number of halogens is 2. The molecule has 1 aliphatic heterocycles.